The third-order valence-corrected chi connectivity index (χ3v) is 5.01. The van der Waals surface area contributed by atoms with Gasteiger partial charge in [0.25, 0.3) is 0 Å². The molecule has 0 amide bonds. The highest BCUT2D eigenvalue weighted by molar-refractivity contribution is 5.85. The summed E-state index contributed by atoms with van der Waals surface area (Å²) in [6, 6.07) is 4.01. The molecule has 26 heavy (non-hydrogen) atoms. The van der Waals surface area contributed by atoms with Crippen LogP contribution in [-0.4, -0.2) is 32.7 Å². The van der Waals surface area contributed by atoms with Crippen LogP contribution in [0.1, 0.15) is 29.3 Å². The first kappa shape index (κ1) is 15.4. The molecule has 0 bridgehead atoms. The van der Waals surface area contributed by atoms with E-state index in [2.05, 4.69) is 21.7 Å². The van der Waals surface area contributed by atoms with Crippen LogP contribution in [0.25, 0.3) is 17.1 Å². The molecule has 0 unspecified atom stereocenters. The van der Waals surface area contributed by atoms with Gasteiger partial charge in [-0.05, 0) is 37.5 Å². The Kier molecular flexibility index (Phi) is 3.62. The van der Waals surface area contributed by atoms with Crippen molar-refractivity contribution in [3.05, 3.63) is 47.3 Å². The van der Waals surface area contributed by atoms with Gasteiger partial charge in [-0.2, -0.15) is 0 Å². The van der Waals surface area contributed by atoms with E-state index in [9.17, 15) is 0 Å². The zero-order valence-electron chi connectivity index (χ0n) is 14.7. The molecular weight excluding hydrogens is 328 g/mol. The highest BCUT2D eigenvalue weighted by atomic mass is 16.6. The van der Waals surface area contributed by atoms with Gasteiger partial charge in [0, 0.05) is 19.7 Å². The normalized spacial score (nSPS) is 15.3. The van der Waals surface area contributed by atoms with Gasteiger partial charge in [0.2, 0.25) is 0 Å². The second kappa shape index (κ2) is 6.12. The van der Waals surface area contributed by atoms with Gasteiger partial charge in [0.15, 0.2) is 11.5 Å². The molecule has 0 spiro atoms. The number of imidazole rings is 1. The topological polar surface area (TPSA) is 62.1 Å². The van der Waals surface area contributed by atoms with Crippen LogP contribution in [0.3, 0.4) is 0 Å². The molecule has 0 fully saturated rings. The maximum absolute atomic E-state index is 5.80. The van der Waals surface area contributed by atoms with Crippen molar-refractivity contribution in [2.75, 3.05) is 13.2 Å². The summed E-state index contributed by atoms with van der Waals surface area (Å²) >= 11 is 0. The Morgan fingerprint density at radius 1 is 1.12 bits per heavy atom. The quantitative estimate of drug-likeness (QED) is 0.728. The Bertz CT molecular complexity index is 1020. The number of ether oxygens (including phenoxy) is 2. The predicted octanol–water partition coefficient (Wildman–Crippen LogP) is 2.88. The molecule has 1 aromatic carbocycles. The van der Waals surface area contributed by atoms with Crippen molar-refractivity contribution in [1.29, 1.82) is 0 Å². The van der Waals surface area contributed by atoms with E-state index in [0.717, 1.165) is 71.1 Å². The first-order valence-corrected chi connectivity index (χ1v) is 9.05. The van der Waals surface area contributed by atoms with Crippen LogP contribution in [0, 0.1) is 0 Å². The van der Waals surface area contributed by atoms with E-state index in [1.807, 2.05) is 25.4 Å². The number of allylic oxidation sites excluding steroid dienone is 1. The van der Waals surface area contributed by atoms with E-state index in [1.165, 1.54) is 0 Å². The van der Waals surface area contributed by atoms with Crippen LogP contribution < -0.4 is 9.47 Å². The van der Waals surface area contributed by atoms with E-state index in [1.54, 1.807) is 0 Å². The Balaban J connectivity index is 1.43. The van der Waals surface area contributed by atoms with E-state index in [0.29, 0.717) is 13.2 Å². The third kappa shape index (κ3) is 2.53. The molecule has 2 aliphatic rings. The van der Waals surface area contributed by atoms with Crippen LogP contribution in [-0.2, 0) is 26.3 Å². The molecule has 3 heterocycles. The van der Waals surface area contributed by atoms with Crippen molar-refractivity contribution in [3.63, 3.8) is 0 Å². The number of aryl methyl sites for hydroxylation is 4. The molecule has 0 saturated heterocycles. The first-order valence-electron chi connectivity index (χ1n) is 9.05. The fourth-order valence-corrected chi connectivity index (χ4v) is 3.61. The van der Waals surface area contributed by atoms with E-state index < -0.39 is 0 Å². The van der Waals surface area contributed by atoms with Crippen molar-refractivity contribution < 1.29 is 9.47 Å². The van der Waals surface area contributed by atoms with Crippen molar-refractivity contribution >= 4 is 17.1 Å². The van der Waals surface area contributed by atoms with Gasteiger partial charge >= 0.3 is 0 Å². The van der Waals surface area contributed by atoms with Gasteiger partial charge in [-0.25, -0.2) is 4.98 Å². The molecule has 6 heteroatoms. The number of hydrogen-bond acceptors (Lipinski definition) is 5. The molecular formula is C20H20N4O2. The minimum Gasteiger partial charge on any atom is -0.486 e. The number of aromatic nitrogens is 4. The van der Waals surface area contributed by atoms with Crippen LogP contribution in [0.4, 0.5) is 0 Å². The summed E-state index contributed by atoms with van der Waals surface area (Å²) in [6.07, 6.45) is 9.75. The van der Waals surface area contributed by atoms with Gasteiger partial charge in [-0.1, -0.05) is 6.08 Å². The fraction of sp³-hybridized carbons (Fsp3) is 0.350. The summed E-state index contributed by atoms with van der Waals surface area (Å²) in [5.74, 6) is 2.56. The highest BCUT2D eigenvalue weighted by Gasteiger charge is 2.20. The largest absolute Gasteiger partial charge is 0.486 e. The molecule has 6 nitrogen and oxygen atoms in total. The number of fused-ring (bicyclic) bond motifs is 4. The second-order valence-corrected chi connectivity index (χ2v) is 6.68. The van der Waals surface area contributed by atoms with Gasteiger partial charge in [-0.15, -0.1) is 0 Å². The lowest BCUT2D eigenvalue weighted by molar-refractivity contribution is 0.173. The van der Waals surface area contributed by atoms with Gasteiger partial charge in [0.05, 0.1) is 22.6 Å². The zero-order chi connectivity index (χ0) is 17.5. The maximum atomic E-state index is 5.80. The second-order valence-electron chi connectivity index (χ2n) is 6.68. The van der Waals surface area contributed by atoms with Crippen LogP contribution in [0.15, 0.2) is 24.4 Å². The Morgan fingerprint density at radius 2 is 2.04 bits per heavy atom. The zero-order valence-corrected chi connectivity index (χ0v) is 14.7. The lowest BCUT2D eigenvalue weighted by Crippen LogP contribution is -2.15. The molecule has 132 valence electrons. The Hall–Kier alpha value is -2.89. The van der Waals surface area contributed by atoms with Gasteiger partial charge in [-0.3, -0.25) is 9.97 Å². The molecule has 3 aromatic rings. The molecule has 2 aromatic heterocycles. The summed E-state index contributed by atoms with van der Waals surface area (Å²) in [6.45, 7) is 1.15. The van der Waals surface area contributed by atoms with Crippen molar-refractivity contribution in [2.45, 2.75) is 25.7 Å². The fourth-order valence-electron chi connectivity index (χ4n) is 3.61. The summed E-state index contributed by atoms with van der Waals surface area (Å²) < 4.78 is 13.6. The molecule has 5 rings (SSSR count). The van der Waals surface area contributed by atoms with Gasteiger partial charge in [0.1, 0.15) is 24.6 Å². The minimum absolute atomic E-state index is 0.567. The van der Waals surface area contributed by atoms with Crippen LogP contribution >= 0.6 is 0 Å². The minimum atomic E-state index is 0.567. The standard InChI is InChI=1S/C20H20N4O2/c1-24-16-7-8-17-20(26-11-10-25-17)19(16)23-18(24)9-6-13-12-21-14-4-2-3-5-15(14)22-13/h2,4,7-8,12H,3,5-6,9-11H2,1H3. The first-order chi connectivity index (χ1) is 12.8. The Labute approximate surface area is 151 Å². The van der Waals surface area contributed by atoms with Crippen molar-refractivity contribution in [2.24, 2.45) is 7.05 Å². The Morgan fingerprint density at radius 3 is 3.00 bits per heavy atom. The summed E-state index contributed by atoms with van der Waals surface area (Å²) in [5.41, 5.74) is 5.07. The molecule has 0 saturated carbocycles. The number of benzene rings is 1. The number of hydrogen-bond donors (Lipinski definition) is 0. The van der Waals surface area contributed by atoms with Crippen LogP contribution in [0.2, 0.25) is 0 Å². The number of nitrogens with zero attached hydrogens (tertiary/aromatic N) is 4. The average molecular weight is 348 g/mol. The summed E-state index contributed by atoms with van der Waals surface area (Å²) in [4.78, 5) is 14.2. The molecule has 0 N–H and O–H groups in total. The molecule has 0 atom stereocenters. The van der Waals surface area contributed by atoms with E-state index in [4.69, 9.17) is 19.4 Å². The smallest absolute Gasteiger partial charge is 0.189 e. The SMILES string of the molecule is Cn1c(CCc2cnc3c(n2)CCC=C3)nc2c3c(ccc21)OCCO3. The van der Waals surface area contributed by atoms with Gasteiger partial charge < -0.3 is 14.0 Å². The highest BCUT2D eigenvalue weighted by Crippen LogP contribution is 2.37. The predicted molar refractivity (Wildman–Crippen MR) is 98.5 cm³/mol. The average Bonchev–Trinajstić information content (AvgIpc) is 3.02. The molecule has 0 radical (unpaired) electrons. The lowest BCUT2D eigenvalue weighted by Gasteiger charge is -2.18. The lowest BCUT2D eigenvalue weighted by atomic mass is 10.1. The monoisotopic (exact) mass is 348 g/mol. The summed E-state index contributed by atoms with van der Waals surface area (Å²) in [7, 11) is 2.05. The number of rotatable bonds is 3. The molecule has 1 aliphatic carbocycles. The van der Waals surface area contributed by atoms with E-state index >= 15 is 0 Å². The van der Waals surface area contributed by atoms with E-state index in [-0.39, 0.29) is 0 Å². The van der Waals surface area contributed by atoms with Crippen molar-refractivity contribution in [1.82, 2.24) is 19.5 Å². The third-order valence-electron chi connectivity index (χ3n) is 5.01. The summed E-state index contributed by atoms with van der Waals surface area (Å²) in [5, 5.41) is 0. The van der Waals surface area contributed by atoms with Crippen molar-refractivity contribution in [3.8, 4) is 11.5 Å². The molecule has 1 aliphatic heterocycles. The van der Waals surface area contributed by atoms with Crippen LogP contribution in [0.5, 0.6) is 11.5 Å². The maximum Gasteiger partial charge on any atom is 0.189 e.